The van der Waals surface area contributed by atoms with Crippen molar-refractivity contribution in [2.24, 2.45) is 0 Å². The van der Waals surface area contributed by atoms with Crippen molar-refractivity contribution in [3.63, 3.8) is 0 Å². The molecule has 0 saturated carbocycles. The van der Waals surface area contributed by atoms with E-state index in [1.807, 2.05) is 0 Å². The minimum absolute atomic E-state index is 0.815. The molecule has 0 aromatic carbocycles. The molecule has 108 valence electrons. The first-order valence-electron chi connectivity index (χ1n) is 7.41. The van der Waals surface area contributed by atoms with Crippen LogP contribution in [0, 0.1) is 0 Å². The molecule has 0 amide bonds. The fraction of sp³-hybridized carbons (Fsp3) is 0.500. The molecule has 0 spiro atoms. The fourth-order valence-electron chi connectivity index (χ4n) is 4.82. The molecule has 0 bridgehead atoms. The van der Waals surface area contributed by atoms with E-state index >= 15 is 0 Å². The van der Waals surface area contributed by atoms with Crippen LogP contribution in [0.25, 0.3) is 0 Å². The third-order valence-electron chi connectivity index (χ3n) is 5.03. The Balaban J connectivity index is 2.64. The summed E-state index contributed by atoms with van der Waals surface area (Å²) in [6.07, 6.45) is 19.3. The monoisotopic (exact) mass is 332 g/mol. The second kappa shape index (κ2) is 5.38. The first-order chi connectivity index (χ1) is 8.71. The number of rotatable bonds is 4. The molecule has 0 fully saturated rings. The summed E-state index contributed by atoms with van der Waals surface area (Å²) in [6, 6.07) is 0. The number of hydrogen-bond acceptors (Lipinski definition) is 0. The normalized spacial score (nSPS) is 22.6. The van der Waals surface area contributed by atoms with Gasteiger partial charge in [0.2, 0.25) is 0 Å². The SMILES string of the molecule is C[PH](C)(C)[Ti]([CH]1C=CC=C1)([CH]1C=CC=C1)[PH](C)(C)C. The number of hydrogen-bond donors (Lipinski definition) is 0. The van der Waals surface area contributed by atoms with Crippen molar-refractivity contribution in [3.8, 4) is 0 Å². The molecule has 0 saturated heterocycles. The van der Waals surface area contributed by atoms with Crippen LogP contribution in [0.1, 0.15) is 0 Å². The molecule has 19 heavy (non-hydrogen) atoms. The van der Waals surface area contributed by atoms with Gasteiger partial charge in [-0.25, -0.2) is 0 Å². The van der Waals surface area contributed by atoms with Crippen LogP contribution in [0.15, 0.2) is 48.6 Å². The molecule has 0 nitrogen and oxygen atoms in total. The van der Waals surface area contributed by atoms with Crippen molar-refractivity contribution in [1.29, 1.82) is 0 Å². The zero-order chi connectivity index (χ0) is 14.3. The van der Waals surface area contributed by atoms with E-state index in [1.54, 1.807) is 0 Å². The van der Waals surface area contributed by atoms with E-state index in [0.717, 1.165) is 8.45 Å². The van der Waals surface area contributed by atoms with Gasteiger partial charge in [-0.1, -0.05) is 0 Å². The van der Waals surface area contributed by atoms with Gasteiger partial charge in [-0.2, -0.15) is 0 Å². The first kappa shape index (κ1) is 15.9. The van der Waals surface area contributed by atoms with Gasteiger partial charge < -0.3 is 0 Å². The van der Waals surface area contributed by atoms with Gasteiger partial charge in [-0.05, 0) is 0 Å². The van der Waals surface area contributed by atoms with Crippen molar-refractivity contribution in [1.82, 2.24) is 0 Å². The summed E-state index contributed by atoms with van der Waals surface area (Å²) in [5.41, 5.74) is 0. The first-order valence-corrected chi connectivity index (χ1v) is 20.9. The van der Waals surface area contributed by atoms with Crippen molar-refractivity contribution < 1.29 is 15.6 Å². The third-order valence-corrected chi connectivity index (χ3v) is 61.8. The molecule has 2 rings (SSSR count). The van der Waals surface area contributed by atoms with Gasteiger partial charge in [0, 0.05) is 0 Å². The van der Waals surface area contributed by atoms with Gasteiger partial charge in [-0.15, -0.1) is 0 Å². The summed E-state index contributed by atoms with van der Waals surface area (Å²) in [4.78, 5) is 0. The molecule has 0 atom stereocenters. The van der Waals surface area contributed by atoms with Gasteiger partial charge in [0.1, 0.15) is 0 Å². The molecule has 2 aliphatic rings. The van der Waals surface area contributed by atoms with Crippen LogP contribution in [0.3, 0.4) is 0 Å². The summed E-state index contributed by atoms with van der Waals surface area (Å²) in [5.74, 6) is 0. The molecule has 3 heteroatoms. The standard InChI is InChI=1S/2C5H5.2C3H9P.Ti/c2*1-2-4-5-3-1;2*1-4(2)3;/h2*1-5H;2*1-3H3;/q;;;;-2/p+2. The van der Waals surface area contributed by atoms with Crippen LogP contribution in [-0.4, -0.2) is 40.0 Å². The minimum atomic E-state index is -2.06. The van der Waals surface area contributed by atoms with Crippen molar-refractivity contribution in [2.75, 3.05) is 40.0 Å². The van der Waals surface area contributed by atoms with Crippen molar-refractivity contribution in [2.45, 2.75) is 8.45 Å². The maximum absolute atomic E-state index is 2.66. The average molecular weight is 332 g/mol. The molecule has 2 aliphatic carbocycles. The van der Waals surface area contributed by atoms with Gasteiger partial charge in [0.25, 0.3) is 0 Å². The van der Waals surface area contributed by atoms with E-state index in [4.69, 9.17) is 0 Å². The molecule has 0 aliphatic heterocycles. The predicted molar refractivity (Wildman–Crippen MR) is 96.2 cm³/mol. The molecule has 0 aromatic heterocycles. The van der Waals surface area contributed by atoms with Crippen LogP contribution in [0.2, 0.25) is 8.45 Å². The van der Waals surface area contributed by atoms with Crippen LogP contribution in [-0.2, 0) is 15.6 Å². The molecule has 0 radical (unpaired) electrons. The topological polar surface area (TPSA) is 0 Å². The van der Waals surface area contributed by atoms with E-state index in [2.05, 4.69) is 88.6 Å². The Bertz CT molecular complexity index is 390. The number of allylic oxidation sites excluding steroid dienone is 8. The second-order valence-electron chi connectivity index (χ2n) is 7.96. The van der Waals surface area contributed by atoms with Gasteiger partial charge in [0.05, 0.1) is 0 Å². The molecule has 0 heterocycles. The average Bonchev–Trinajstić information content (AvgIpc) is 2.85. The summed E-state index contributed by atoms with van der Waals surface area (Å²) in [6.45, 7) is 15.9. The van der Waals surface area contributed by atoms with Crippen LogP contribution in [0.4, 0.5) is 0 Å². The maximum atomic E-state index is 2.66. The molecule has 0 N–H and O–H groups in total. The van der Waals surface area contributed by atoms with E-state index in [-0.39, 0.29) is 0 Å². The molecular weight excluding hydrogens is 302 g/mol. The van der Waals surface area contributed by atoms with Gasteiger partial charge in [0.15, 0.2) is 0 Å². The third kappa shape index (κ3) is 2.55. The Morgan fingerprint density at radius 2 is 0.842 bits per heavy atom. The molecule has 0 aromatic rings. The second-order valence-corrected chi connectivity index (χ2v) is 44.7. The summed E-state index contributed by atoms with van der Waals surface area (Å²) in [5, 5.41) is -2.32. The summed E-state index contributed by atoms with van der Waals surface area (Å²) >= 11 is -2.06. The Morgan fingerprint density at radius 1 is 0.579 bits per heavy atom. The van der Waals surface area contributed by atoms with Crippen LogP contribution in [0.5, 0.6) is 0 Å². The zero-order valence-corrected chi connectivity index (χ0v) is 16.8. The zero-order valence-electron chi connectivity index (χ0n) is 13.3. The fourth-order valence-corrected chi connectivity index (χ4v) is 74.6. The van der Waals surface area contributed by atoms with E-state index < -0.39 is 26.1 Å². The van der Waals surface area contributed by atoms with Gasteiger partial charge in [-0.3, -0.25) is 0 Å². The Labute approximate surface area is 123 Å². The summed E-state index contributed by atoms with van der Waals surface area (Å²) in [7, 11) is 0. The van der Waals surface area contributed by atoms with Gasteiger partial charge >= 0.3 is 123 Å². The molecular formula is C16H30P2Ti. The molecule has 0 unspecified atom stereocenters. The summed E-state index contributed by atoms with van der Waals surface area (Å²) < 4.78 is 1.63. The van der Waals surface area contributed by atoms with E-state index in [1.165, 1.54) is 0 Å². The predicted octanol–water partition coefficient (Wildman–Crippen LogP) is 5.08. The van der Waals surface area contributed by atoms with Crippen molar-refractivity contribution >= 4 is 10.5 Å². The van der Waals surface area contributed by atoms with Crippen LogP contribution >= 0.6 is 10.5 Å². The van der Waals surface area contributed by atoms with E-state index in [9.17, 15) is 0 Å². The van der Waals surface area contributed by atoms with E-state index in [0.29, 0.717) is 0 Å². The van der Waals surface area contributed by atoms with Crippen molar-refractivity contribution in [3.05, 3.63) is 48.6 Å². The Morgan fingerprint density at radius 3 is 1.05 bits per heavy atom. The Hall–Kier alpha value is 0.534. The van der Waals surface area contributed by atoms with Crippen LogP contribution < -0.4 is 0 Å². The quantitative estimate of drug-likeness (QED) is 0.498. The Kier molecular flexibility index (Phi) is 4.51.